The van der Waals surface area contributed by atoms with Crippen molar-refractivity contribution in [2.75, 3.05) is 13.1 Å². The topological polar surface area (TPSA) is 33.2 Å². The van der Waals surface area contributed by atoms with Crippen LogP contribution in [-0.2, 0) is 0 Å². The molecule has 1 amide bonds. The first-order valence-electron chi connectivity index (χ1n) is 6.61. The SMILES string of the molecule is CCC1(CC)CCN(C(=O)c2cc(F)cnc2Cl)C1. The molecule has 0 saturated carbocycles. The highest BCUT2D eigenvalue weighted by Crippen LogP contribution is 2.37. The molecule has 0 bridgehead atoms. The van der Waals surface area contributed by atoms with Crippen molar-refractivity contribution in [2.24, 2.45) is 5.41 Å². The van der Waals surface area contributed by atoms with Crippen LogP contribution in [0.15, 0.2) is 12.3 Å². The van der Waals surface area contributed by atoms with Crippen LogP contribution in [-0.4, -0.2) is 28.9 Å². The summed E-state index contributed by atoms with van der Waals surface area (Å²) in [4.78, 5) is 17.8. The minimum absolute atomic E-state index is 0.0666. The number of carbonyl (C=O) groups excluding carboxylic acids is 1. The van der Waals surface area contributed by atoms with Gasteiger partial charge in [-0.2, -0.15) is 0 Å². The summed E-state index contributed by atoms with van der Waals surface area (Å²) in [7, 11) is 0. The Morgan fingerprint density at radius 3 is 2.79 bits per heavy atom. The first-order valence-corrected chi connectivity index (χ1v) is 6.99. The number of aromatic nitrogens is 1. The highest BCUT2D eigenvalue weighted by molar-refractivity contribution is 6.32. The van der Waals surface area contributed by atoms with E-state index >= 15 is 0 Å². The normalized spacial score (nSPS) is 17.8. The minimum atomic E-state index is -0.538. The molecule has 0 aromatic carbocycles. The molecule has 0 atom stereocenters. The van der Waals surface area contributed by atoms with Gasteiger partial charge in [0.25, 0.3) is 5.91 Å². The lowest BCUT2D eigenvalue weighted by Gasteiger charge is -2.26. The number of carbonyl (C=O) groups is 1. The molecule has 19 heavy (non-hydrogen) atoms. The Hall–Kier alpha value is -1.16. The second kappa shape index (κ2) is 5.45. The van der Waals surface area contributed by atoms with Crippen LogP contribution in [0.2, 0.25) is 5.15 Å². The van der Waals surface area contributed by atoms with Crippen molar-refractivity contribution in [1.29, 1.82) is 0 Å². The zero-order valence-corrected chi connectivity index (χ0v) is 12.0. The second-order valence-corrected chi connectivity index (χ2v) is 5.53. The van der Waals surface area contributed by atoms with Crippen LogP contribution >= 0.6 is 11.6 Å². The Balaban J connectivity index is 2.20. The van der Waals surface area contributed by atoms with Crippen LogP contribution < -0.4 is 0 Å². The van der Waals surface area contributed by atoms with E-state index in [-0.39, 0.29) is 22.0 Å². The van der Waals surface area contributed by atoms with Gasteiger partial charge in [-0.25, -0.2) is 9.37 Å². The fraction of sp³-hybridized carbons (Fsp3) is 0.571. The van der Waals surface area contributed by atoms with E-state index in [1.54, 1.807) is 4.90 Å². The number of hydrogen-bond donors (Lipinski definition) is 0. The summed E-state index contributed by atoms with van der Waals surface area (Å²) in [6.07, 6.45) is 4.10. The third-order valence-corrected chi connectivity index (χ3v) is 4.56. The number of hydrogen-bond acceptors (Lipinski definition) is 2. The zero-order valence-electron chi connectivity index (χ0n) is 11.2. The van der Waals surface area contributed by atoms with Crippen LogP contribution in [0.1, 0.15) is 43.5 Å². The van der Waals surface area contributed by atoms with Gasteiger partial charge in [0.15, 0.2) is 0 Å². The molecule has 2 rings (SSSR count). The average molecular weight is 285 g/mol. The number of halogens is 2. The molecular weight excluding hydrogens is 267 g/mol. The fourth-order valence-electron chi connectivity index (χ4n) is 2.68. The molecule has 3 nitrogen and oxygen atoms in total. The number of rotatable bonds is 3. The van der Waals surface area contributed by atoms with Crippen LogP contribution in [0.3, 0.4) is 0 Å². The standard InChI is InChI=1S/C14H18ClFN2O/c1-3-14(4-2)5-6-18(9-14)13(19)11-7-10(16)8-17-12(11)15/h7-8H,3-6,9H2,1-2H3. The molecule has 1 fully saturated rings. The Morgan fingerprint density at radius 2 is 2.21 bits per heavy atom. The van der Waals surface area contributed by atoms with E-state index < -0.39 is 5.82 Å². The van der Waals surface area contributed by atoms with Gasteiger partial charge in [0.1, 0.15) is 11.0 Å². The second-order valence-electron chi connectivity index (χ2n) is 5.18. The zero-order chi connectivity index (χ0) is 14.0. The summed E-state index contributed by atoms with van der Waals surface area (Å²) in [6.45, 7) is 5.71. The molecule has 1 saturated heterocycles. The maximum Gasteiger partial charge on any atom is 0.257 e. The van der Waals surface area contributed by atoms with Gasteiger partial charge in [0, 0.05) is 13.1 Å². The van der Waals surface area contributed by atoms with E-state index in [1.165, 1.54) is 0 Å². The van der Waals surface area contributed by atoms with E-state index in [4.69, 9.17) is 11.6 Å². The van der Waals surface area contributed by atoms with Crippen LogP contribution in [0.4, 0.5) is 4.39 Å². The average Bonchev–Trinajstić information content (AvgIpc) is 2.86. The van der Waals surface area contributed by atoms with Gasteiger partial charge in [0.05, 0.1) is 11.8 Å². The molecule has 1 aromatic rings. The van der Waals surface area contributed by atoms with Crippen molar-refractivity contribution >= 4 is 17.5 Å². The smallest absolute Gasteiger partial charge is 0.257 e. The van der Waals surface area contributed by atoms with Crippen molar-refractivity contribution in [3.05, 3.63) is 28.8 Å². The predicted octanol–water partition coefficient (Wildman–Crippen LogP) is 3.53. The Morgan fingerprint density at radius 1 is 1.53 bits per heavy atom. The number of likely N-dealkylation sites (tertiary alicyclic amines) is 1. The highest BCUT2D eigenvalue weighted by Gasteiger charge is 2.37. The number of amides is 1. The lowest BCUT2D eigenvalue weighted by molar-refractivity contribution is 0.0769. The van der Waals surface area contributed by atoms with Gasteiger partial charge < -0.3 is 4.90 Å². The Bertz CT molecular complexity index is 488. The summed E-state index contributed by atoms with van der Waals surface area (Å²) in [5.74, 6) is -0.759. The third kappa shape index (κ3) is 2.73. The quantitative estimate of drug-likeness (QED) is 0.796. The maximum atomic E-state index is 13.2. The highest BCUT2D eigenvalue weighted by atomic mass is 35.5. The molecule has 1 aliphatic rings. The molecule has 1 aromatic heterocycles. The molecule has 104 valence electrons. The largest absolute Gasteiger partial charge is 0.338 e. The van der Waals surface area contributed by atoms with E-state index in [9.17, 15) is 9.18 Å². The summed E-state index contributed by atoms with van der Waals surface area (Å²) in [6, 6.07) is 1.16. The lowest BCUT2D eigenvalue weighted by atomic mass is 9.82. The van der Waals surface area contributed by atoms with Crippen molar-refractivity contribution in [3.8, 4) is 0 Å². The maximum absolute atomic E-state index is 13.2. The molecule has 0 spiro atoms. The molecule has 0 unspecified atom stereocenters. The molecular formula is C14H18ClFN2O. The van der Waals surface area contributed by atoms with Crippen molar-refractivity contribution in [2.45, 2.75) is 33.1 Å². The third-order valence-electron chi connectivity index (χ3n) is 4.26. The molecule has 0 aliphatic carbocycles. The van der Waals surface area contributed by atoms with E-state index in [1.807, 2.05) is 0 Å². The van der Waals surface area contributed by atoms with E-state index in [2.05, 4.69) is 18.8 Å². The van der Waals surface area contributed by atoms with E-state index in [0.29, 0.717) is 13.1 Å². The van der Waals surface area contributed by atoms with Gasteiger partial charge >= 0.3 is 0 Å². The summed E-state index contributed by atoms with van der Waals surface area (Å²) in [5, 5.41) is 0.0666. The predicted molar refractivity (Wildman–Crippen MR) is 72.7 cm³/mol. The van der Waals surface area contributed by atoms with Crippen LogP contribution in [0.5, 0.6) is 0 Å². The monoisotopic (exact) mass is 284 g/mol. The van der Waals surface area contributed by atoms with Gasteiger partial charge in [-0.3, -0.25) is 4.79 Å². The first-order chi connectivity index (χ1) is 9.01. The number of nitrogens with zero attached hydrogens (tertiary/aromatic N) is 2. The molecule has 0 N–H and O–H groups in total. The van der Waals surface area contributed by atoms with Crippen LogP contribution in [0.25, 0.3) is 0 Å². The molecule has 5 heteroatoms. The van der Waals surface area contributed by atoms with Crippen molar-refractivity contribution < 1.29 is 9.18 Å². The molecule has 1 aliphatic heterocycles. The Labute approximate surface area is 117 Å². The first kappa shape index (κ1) is 14.3. The minimum Gasteiger partial charge on any atom is -0.338 e. The molecule has 0 radical (unpaired) electrons. The lowest BCUT2D eigenvalue weighted by Crippen LogP contribution is -2.32. The van der Waals surface area contributed by atoms with Gasteiger partial charge in [-0.15, -0.1) is 0 Å². The van der Waals surface area contributed by atoms with Gasteiger partial charge in [-0.05, 0) is 30.7 Å². The summed E-state index contributed by atoms with van der Waals surface area (Å²) < 4.78 is 13.2. The summed E-state index contributed by atoms with van der Waals surface area (Å²) >= 11 is 5.88. The van der Waals surface area contributed by atoms with E-state index in [0.717, 1.165) is 31.5 Å². The van der Waals surface area contributed by atoms with Gasteiger partial charge in [-0.1, -0.05) is 25.4 Å². The van der Waals surface area contributed by atoms with Crippen molar-refractivity contribution in [3.63, 3.8) is 0 Å². The fourth-order valence-corrected chi connectivity index (χ4v) is 2.86. The molecule has 2 heterocycles. The van der Waals surface area contributed by atoms with Crippen LogP contribution in [0, 0.1) is 11.2 Å². The number of pyridine rings is 1. The Kier molecular flexibility index (Phi) is 4.09. The van der Waals surface area contributed by atoms with Crippen molar-refractivity contribution in [1.82, 2.24) is 9.88 Å². The summed E-state index contributed by atoms with van der Waals surface area (Å²) in [5.41, 5.74) is 0.354. The van der Waals surface area contributed by atoms with Gasteiger partial charge in [0.2, 0.25) is 0 Å².